The molecule has 0 bridgehead atoms. The van der Waals surface area contributed by atoms with Crippen molar-refractivity contribution in [1.29, 1.82) is 0 Å². The van der Waals surface area contributed by atoms with Gasteiger partial charge in [-0.2, -0.15) is 9.49 Å². The van der Waals surface area contributed by atoms with Crippen LogP contribution in [0.4, 0.5) is 9.52 Å². The molecule has 0 atom stereocenters. The van der Waals surface area contributed by atoms with Crippen LogP contribution in [0.3, 0.4) is 0 Å². The fourth-order valence-corrected chi connectivity index (χ4v) is 3.02. The molecule has 0 aliphatic carbocycles. The number of hydrogen-bond acceptors (Lipinski definition) is 5. The van der Waals surface area contributed by atoms with Gasteiger partial charge in [-0.3, -0.25) is 5.43 Å². The highest BCUT2D eigenvalue weighted by molar-refractivity contribution is 7.14. The Hall–Kier alpha value is -1.76. The van der Waals surface area contributed by atoms with Gasteiger partial charge >= 0.3 is 0 Å². The van der Waals surface area contributed by atoms with Crippen LogP contribution in [0, 0.1) is 5.13 Å². The molecule has 0 aliphatic rings. The monoisotopic (exact) mass is 337 g/mol. The molecule has 0 saturated heterocycles. The Morgan fingerprint density at radius 2 is 2.00 bits per heavy atom. The van der Waals surface area contributed by atoms with E-state index in [-0.39, 0.29) is 5.13 Å². The van der Waals surface area contributed by atoms with Crippen LogP contribution in [-0.2, 0) is 0 Å². The Labute approximate surface area is 133 Å². The van der Waals surface area contributed by atoms with Gasteiger partial charge in [-0.05, 0) is 24.3 Å². The fourth-order valence-electron chi connectivity index (χ4n) is 1.63. The first-order chi connectivity index (χ1) is 10.2. The molecule has 1 N–H and O–H groups in total. The highest BCUT2D eigenvalue weighted by Gasteiger charge is 2.03. The first-order valence-corrected chi connectivity index (χ1v) is 8.04. The number of anilines is 1. The maximum absolute atomic E-state index is 12.8. The predicted octanol–water partition coefficient (Wildman–Crippen LogP) is 5.11. The van der Waals surface area contributed by atoms with E-state index in [2.05, 4.69) is 15.5 Å². The van der Waals surface area contributed by atoms with E-state index in [0.29, 0.717) is 10.2 Å². The van der Waals surface area contributed by atoms with Gasteiger partial charge in [0.2, 0.25) is 5.13 Å². The Kier molecular flexibility index (Phi) is 4.28. The van der Waals surface area contributed by atoms with Gasteiger partial charge < -0.3 is 0 Å². The number of halogens is 2. The van der Waals surface area contributed by atoms with E-state index >= 15 is 0 Å². The summed E-state index contributed by atoms with van der Waals surface area (Å²) in [6.07, 6.45) is 1.57. The summed E-state index contributed by atoms with van der Waals surface area (Å²) >= 11 is 8.35. The second-order valence-electron chi connectivity index (χ2n) is 4.06. The van der Waals surface area contributed by atoms with Crippen LogP contribution in [0.15, 0.2) is 46.9 Å². The van der Waals surface area contributed by atoms with E-state index < -0.39 is 0 Å². The first-order valence-electron chi connectivity index (χ1n) is 5.96. The Bertz CT molecular complexity index is 765. The van der Waals surface area contributed by atoms with Crippen molar-refractivity contribution in [3.8, 4) is 11.3 Å². The minimum atomic E-state index is -0.226. The van der Waals surface area contributed by atoms with Gasteiger partial charge in [0.05, 0.1) is 16.8 Å². The molecule has 7 heteroatoms. The largest absolute Gasteiger partial charge is 0.253 e. The molecule has 0 aliphatic heterocycles. The van der Waals surface area contributed by atoms with Crippen LogP contribution in [-0.4, -0.2) is 11.2 Å². The molecular weight excluding hydrogens is 329 g/mol. The number of hydrazone groups is 1. The van der Waals surface area contributed by atoms with Crippen molar-refractivity contribution in [2.45, 2.75) is 0 Å². The predicted molar refractivity (Wildman–Crippen MR) is 88.1 cm³/mol. The molecule has 21 heavy (non-hydrogen) atoms. The molecule has 3 nitrogen and oxygen atoms in total. The quantitative estimate of drug-likeness (QED) is 0.530. The highest BCUT2D eigenvalue weighted by Crippen LogP contribution is 2.25. The van der Waals surface area contributed by atoms with Gasteiger partial charge in [-0.15, -0.1) is 22.7 Å². The molecule has 1 aromatic carbocycles. The van der Waals surface area contributed by atoms with Crippen LogP contribution < -0.4 is 5.43 Å². The summed E-state index contributed by atoms with van der Waals surface area (Å²) in [4.78, 5) is 5.17. The Morgan fingerprint density at radius 1 is 1.19 bits per heavy atom. The first kappa shape index (κ1) is 14.2. The van der Waals surface area contributed by atoms with Crippen molar-refractivity contribution in [2.24, 2.45) is 5.10 Å². The smallest absolute Gasteiger partial charge is 0.203 e. The molecule has 0 saturated carbocycles. The van der Waals surface area contributed by atoms with Crippen LogP contribution in [0.2, 0.25) is 5.02 Å². The average Bonchev–Trinajstić information content (AvgIpc) is 3.09. The number of aromatic nitrogens is 1. The van der Waals surface area contributed by atoms with E-state index in [4.69, 9.17) is 11.6 Å². The minimum Gasteiger partial charge on any atom is -0.253 e. The van der Waals surface area contributed by atoms with Crippen LogP contribution >= 0.6 is 34.3 Å². The summed E-state index contributed by atoms with van der Waals surface area (Å²) in [5.41, 5.74) is 4.69. The third kappa shape index (κ3) is 3.66. The molecule has 0 amide bonds. The third-order valence-electron chi connectivity index (χ3n) is 2.59. The van der Waals surface area contributed by atoms with Gasteiger partial charge in [0, 0.05) is 16.0 Å². The van der Waals surface area contributed by atoms with E-state index in [1.54, 1.807) is 12.3 Å². The van der Waals surface area contributed by atoms with Gasteiger partial charge in [0.15, 0.2) is 5.13 Å². The van der Waals surface area contributed by atoms with E-state index in [9.17, 15) is 4.39 Å². The standard InChI is InChI=1S/C14H9ClFN3S2/c15-10-3-1-9(2-4-10)12-8-20-14(18-12)19-17-7-11-5-6-13(16)21-11/h1-8H,(H,18,19). The lowest BCUT2D eigenvalue weighted by molar-refractivity contribution is 0.657. The van der Waals surface area contributed by atoms with Gasteiger partial charge in [-0.25, -0.2) is 4.98 Å². The lowest BCUT2D eigenvalue weighted by Gasteiger charge is -1.96. The van der Waals surface area contributed by atoms with Gasteiger partial charge in [0.1, 0.15) is 0 Å². The average molecular weight is 338 g/mol. The van der Waals surface area contributed by atoms with Crippen molar-refractivity contribution >= 4 is 45.6 Å². The lowest BCUT2D eigenvalue weighted by atomic mass is 10.2. The Balaban J connectivity index is 1.67. The number of rotatable bonds is 4. The third-order valence-corrected chi connectivity index (χ3v) is 4.40. The number of nitrogens with one attached hydrogen (secondary N) is 1. The zero-order valence-electron chi connectivity index (χ0n) is 10.6. The molecule has 0 spiro atoms. The second-order valence-corrected chi connectivity index (χ2v) is 6.42. The molecule has 0 fully saturated rings. The summed E-state index contributed by atoms with van der Waals surface area (Å²) in [6, 6.07) is 10.6. The molecule has 2 heterocycles. The Morgan fingerprint density at radius 3 is 2.71 bits per heavy atom. The maximum atomic E-state index is 12.8. The van der Waals surface area contributed by atoms with E-state index in [0.717, 1.165) is 27.5 Å². The topological polar surface area (TPSA) is 37.3 Å². The summed E-state index contributed by atoms with van der Waals surface area (Å²) in [7, 11) is 0. The number of hydrogen-bond donors (Lipinski definition) is 1. The second kappa shape index (κ2) is 6.34. The molecule has 106 valence electrons. The molecule has 0 radical (unpaired) electrons. The SMILES string of the molecule is Fc1ccc(C=NNc2nc(-c3ccc(Cl)cc3)cs2)s1. The zero-order chi connectivity index (χ0) is 14.7. The number of nitrogens with zero attached hydrogens (tertiary/aromatic N) is 2. The molecule has 3 rings (SSSR count). The van der Waals surface area contributed by atoms with Crippen molar-refractivity contribution in [2.75, 3.05) is 5.43 Å². The van der Waals surface area contributed by atoms with Crippen molar-refractivity contribution in [1.82, 2.24) is 4.98 Å². The normalized spacial score (nSPS) is 11.1. The summed E-state index contributed by atoms with van der Waals surface area (Å²) in [6.45, 7) is 0. The molecule has 3 aromatic rings. The van der Waals surface area contributed by atoms with E-state index in [1.165, 1.54) is 17.4 Å². The summed E-state index contributed by atoms with van der Waals surface area (Å²) in [5.74, 6) is 0. The summed E-state index contributed by atoms with van der Waals surface area (Å²) < 4.78 is 12.8. The maximum Gasteiger partial charge on any atom is 0.203 e. The van der Waals surface area contributed by atoms with Crippen LogP contribution in [0.1, 0.15) is 4.88 Å². The number of thiazole rings is 1. The van der Waals surface area contributed by atoms with Crippen molar-refractivity contribution in [3.63, 3.8) is 0 Å². The highest BCUT2D eigenvalue weighted by atomic mass is 35.5. The zero-order valence-corrected chi connectivity index (χ0v) is 13.0. The van der Waals surface area contributed by atoms with Crippen LogP contribution in [0.5, 0.6) is 0 Å². The van der Waals surface area contributed by atoms with Crippen LogP contribution in [0.25, 0.3) is 11.3 Å². The molecule has 0 unspecified atom stereocenters. The lowest BCUT2D eigenvalue weighted by Crippen LogP contribution is -1.88. The summed E-state index contributed by atoms with van der Waals surface area (Å²) in [5, 5.41) is 7.12. The number of thiophene rings is 1. The van der Waals surface area contributed by atoms with Gasteiger partial charge in [0.25, 0.3) is 0 Å². The van der Waals surface area contributed by atoms with E-state index in [1.807, 2.05) is 29.6 Å². The fraction of sp³-hybridized carbons (Fsp3) is 0. The van der Waals surface area contributed by atoms with Crippen molar-refractivity contribution < 1.29 is 4.39 Å². The molecular formula is C14H9ClFN3S2. The number of benzene rings is 1. The van der Waals surface area contributed by atoms with Crippen molar-refractivity contribution in [3.05, 3.63) is 56.8 Å². The minimum absolute atomic E-state index is 0.226. The van der Waals surface area contributed by atoms with Gasteiger partial charge in [-0.1, -0.05) is 23.7 Å². The molecule has 2 aromatic heterocycles.